The average molecular weight is 252 g/mol. The van der Waals surface area contributed by atoms with Gasteiger partial charge in [0.1, 0.15) is 5.78 Å². The van der Waals surface area contributed by atoms with Crippen molar-refractivity contribution in [1.82, 2.24) is 0 Å². The summed E-state index contributed by atoms with van der Waals surface area (Å²) < 4.78 is 0. The van der Waals surface area contributed by atoms with E-state index in [9.17, 15) is 25.0 Å². The molecule has 0 saturated heterocycles. The maximum Gasteiger partial charge on any atom is 0.269 e. The highest BCUT2D eigenvalue weighted by Crippen LogP contribution is 2.23. The predicted octanol–water partition coefficient (Wildman–Crippen LogP) is 1.93. The van der Waals surface area contributed by atoms with Crippen molar-refractivity contribution in [3.8, 4) is 0 Å². The summed E-state index contributed by atoms with van der Waals surface area (Å²) in [6.07, 6.45) is 0.0544. The van der Waals surface area contributed by atoms with E-state index in [1.54, 1.807) is 0 Å². The zero-order chi connectivity index (χ0) is 13.7. The van der Waals surface area contributed by atoms with E-state index in [4.69, 9.17) is 0 Å². The van der Waals surface area contributed by atoms with Crippen LogP contribution >= 0.6 is 0 Å². The Labute approximate surface area is 103 Å². The first-order valence-electron chi connectivity index (χ1n) is 5.25. The topological polar surface area (TPSA) is 103 Å². The quantitative estimate of drug-likeness (QED) is 0.568. The Bertz CT molecular complexity index is 453. The maximum absolute atomic E-state index is 11.1. The molecule has 0 bridgehead atoms. The van der Waals surface area contributed by atoms with Crippen LogP contribution in [0.1, 0.15) is 24.8 Å². The molecule has 1 aromatic carbocycles. The van der Waals surface area contributed by atoms with Crippen LogP contribution in [-0.4, -0.2) is 22.2 Å². The number of nitrogens with zero attached hydrogens (tertiary/aromatic N) is 2. The van der Waals surface area contributed by atoms with Gasteiger partial charge in [-0.1, -0.05) is 12.1 Å². The Hall–Kier alpha value is -2.31. The number of nitro benzene ring substituents is 1. The molecule has 18 heavy (non-hydrogen) atoms. The van der Waals surface area contributed by atoms with Gasteiger partial charge in [-0.25, -0.2) is 0 Å². The summed E-state index contributed by atoms with van der Waals surface area (Å²) in [5.41, 5.74) is 0.480. The van der Waals surface area contributed by atoms with Crippen LogP contribution in [0.5, 0.6) is 0 Å². The third-order valence-corrected chi connectivity index (χ3v) is 2.48. The van der Waals surface area contributed by atoms with Crippen molar-refractivity contribution in [3.05, 3.63) is 50.1 Å². The molecule has 7 nitrogen and oxygen atoms in total. The summed E-state index contributed by atoms with van der Waals surface area (Å²) in [4.78, 5) is 31.0. The summed E-state index contributed by atoms with van der Waals surface area (Å²) in [5, 5.41) is 21.0. The second-order valence-electron chi connectivity index (χ2n) is 3.97. The molecule has 0 spiro atoms. The van der Waals surface area contributed by atoms with Crippen molar-refractivity contribution < 1.29 is 14.6 Å². The van der Waals surface area contributed by atoms with Crippen LogP contribution in [0.25, 0.3) is 0 Å². The molecule has 0 fully saturated rings. The highest BCUT2D eigenvalue weighted by atomic mass is 16.6. The van der Waals surface area contributed by atoms with Crippen LogP contribution in [0.15, 0.2) is 24.3 Å². The lowest BCUT2D eigenvalue weighted by Crippen LogP contribution is -2.15. The van der Waals surface area contributed by atoms with Gasteiger partial charge in [0, 0.05) is 23.5 Å². The number of carbonyl (C=O) groups is 1. The number of hydrogen-bond acceptors (Lipinski definition) is 5. The second-order valence-corrected chi connectivity index (χ2v) is 3.97. The summed E-state index contributed by atoms with van der Waals surface area (Å²) >= 11 is 0. The van der Waals surface area contributed by atoms with Gasteiger partial charge in [-0.05, 0) is 12.5 Å². The normalized spacial score (nSPS) is 11.8. The fourth-order valence-corrected chi connectivity index (χ4v) is 1.68. The third kappa shape index (κ3) is 3.93. The summed E-state index contributed by atoms with van der Waals surface area (Å²) in [6, 6.07) is 5.47. The van der Waals surface area contributed by atoms with Crippen LogP contribution in [0.3, 0.4) is 0 Å². The minimum absolute atomic E-state index is 0.0544. The number of Topliss-reactive ketones (excluding diaryl/α,β-unsaturated/α-hetero) is 1. The molecule has 0 unspecified atom stereocenters. The fourth-order valence-electron chi connectivity index (χ4n) is 1.68. The van der Waals surface area contributed by atoms with E-state index in [2.05, 4.69) is 0 Å². The van der Waals surface area contributed by atoms with Crippen molar-refractivity contribution >= 4 is 11.5 Å². The maximum atomic E-state index is 11.1. The first-order valence-corrected chi connectivity index (χ1v) is 5.25. The molecule has 0 aliphatic heterocycles. The second kappa shape index (κ2) is 5.85. The molecule has 0 heterocycles. The van der Waals surface area contributed by atoms with E-state index in [1.165, 1.54) is 31.2 Å². The van der Waals surface area contributed by atoms with Crippen LogP contribution in [0, 0.1) is 20.2 Å². The zero-order valence-corrected chi connectivity index (χ0v) is 9.74. The van der Waals surface area contributed by atoms with Gasteiger partial charge in [0.2, 0.25) is 6.54 Å². The van der Waals surface area contributed by atoms with Gasteiger partial charge in [0.15, 0.2) is 0 Å². The molecule has 0 aromatic heterocycles. The standard InChI is InChI=1S/C11H12N2O5/c1-8(14)6-10(7-12(15)16)9-2-4-11(5-3-9)13(17)18/h2-5,10H,6-7H2,1H3/t10-/m0/s1. The zero-order valence-electron chi connectivity index (χ0n) is 9.74. The predicted molar refractivity (Wildman–Crippen MR) is 63.0 cm³/mol. The molecule has 0 N–H and O–H groups in total. The molecule has 96 valence electrons. The minimum atomic E-state index is -0.544. The molecule has 0 radical (unpaired) electrons. The lowest BCUT2D eigenvalue weighted by molar-refractivity contribution is -0.483. The van der Waals surface area contributed by atoms with Gasteiger partial charge in [0.05, 0.1) is 10.8 Å². The first kappa shape index (κ1) is 13.8. The molecule has 1 atom stereocenters. The highest BCUT2D eigenvalue weighted by Gasteiger charge is 2.20. The van der Waals surface area contributed by atoms with Crippen LogP contribution in [0.4, 0.5) is 5.69 Å². The van der Waals surface area contributed by atoms with Gasteiger partial charge in [-0.3, -0.25) is 20.2 Å². The number of carbonyl (C=O) groups excluding carboxylic acids is 1. The molecular weight excluding hydrogens is 240 g/mol. The molecule has 1 aromatic rings. The smallest absolute Gasteiger partial charge is 0.269 e. The van der Waals surface area contributed by atoms with Crippen LogP contribution in [0.2, 0.25) is 0 Å². The largest absolute Gasteiger partial charge is 0.300 e. The molecule has 1 rings (SSSR count). The van der Waals surface area contributed by atoms with Gasteiger partial charge in [0.25, 0.3) is 5.69 Å². The molecule has 0 aliphatic rings. The fraction of sp³-hybridized carbons (Fsp3) is 0.364. The van der Waals surface area contributed by atoms with E-state index >= 15 is 0 Å². The number of hydrogen-bond donors (Lipinski definition) is 0. The average Bonchev–Trinajstić information content (AvgIpc) is 2.27. The number of rotatable bonds is 6. The van der Waals surface area contributed by atoms with Gasteiger partial charge in [-0.2, -0.15) is 0 Å². The van der Waals surface area contributed by atoms with Crippen molar-refractivity contribution in [2.45, 2.75) is 19.3 Å². The molecular formula is C11H12N2O5. The first-order chi connectivity index (χ1) is 8.40. The Morgan fingerprint density at radius 1 is 1.22 bits per heavy atom. The number of ketones is 1. The van der Waals surface area contributed by atoms with Gasteiger partial charge in [-0.15, -0.1) is 0 Å². The number of benzene rings is 1. The molecule has 0 saturated carbocycles. The lowest BCUT2D eigenvalue weighted by atomic mass is 9.94. The van der Waals surface area contributed by atoms with Crippen molar-refractivity contribution in [1.29, 1.82) is 0 Å². The molecule has 7 heteroatoms. The van der Waals surface area contributed by atoms with E-state index in [0.29, 0.717) is 5.56 Å². The van der Waals surface area contributed by atoms with Crippen molar-refractivity contribution in [2.24, 2.45) is 0 Å². The minimum Gasteiger partial charge on any atom is -0.300 e. The molecule has 0 amide bonds. The molecule has 0 aliphatic carbocycles. The van der Waals surface area contributed by atoms with Gasteiger partial charge >= 0.3 is 0 Å². The monoisotopic (exact) mass is 252 g/mol. The number of non-ortho nitro benzene ring substituents is 1. The van der Waals surface area contributed by atoms with Crippen molar-refractivity contribution in [2.75, 3.05) is 6.54 Å². The van der Waals surface area contributed by atoms with E-state index in [-0.39, 0.29) is 24.4 Å². The summed E-state index contributed by atoms with van der Waals surface area (Å²) in [7, 11) is 0. The lowest BCUT2D eigenvalue weighted by Gasteiger charge is -2.10. The van der Waals surface area contributed by atoms with Crippen LogP contribution in [-0.2, 0) is 4.79 Å². The van der Waals surface area contributed by atoms with E-state index in [0.717, 1.165) is 0 Å². The SMILES string of the molecule is CC(=O)C[C@@H](C[N+](=O)[O-])c1ccc([N+](=O)[O-])cc1. The highest BCUT2D eigenvalue weighted by molar-refractivity contribution is 5.76. The number of nitro groups is 2. The Kier molecular flexibility index (Phi) is 4.47. The summed E-state index contributed by atoms with van der Waals surface area (Å²) in [5.74, 6) is -0.696. The van der Waals surface area contributed by atoms with E-state index in [1.807, 2.05) is 0 Å². The van der Waals surface area contributed by atoms with Crippen LogP contribution < -0.4 is 0 Å². The Morgan fingerprint density at radius 3 is 2.17 bits per heavy atom. The summed E-state index contributed by atoms with van der Waals surface area (Å²) in [6.45, 7) is 0.996. The van der Waals surface area contributed by atoms with Crippen molar-refractivity contribution in [3.63, 3.8) is 0 Å². The Morgan fingerprint density at radius 2 is 1.78 bits per heavy atom. The Balaban J connectivity index is 2.93. The van der Waals surface area contributed by atoms with E-state index < -0.39 is 15.8 Å². The third-order valence-electron chi connectivity index (χ3n) is 2.48. The van der Waals surface area contributed by atoms with Gasteiger partial charge < -0.3 is 4.79 Å².